The van der Waals surface area contributed by atoms with Crippen LogP contribution in [0.5, 0.6) is 11.5 Å². The van der Waals surface area contributed by atoms with Gasteiger partial charge < -0.3 is 9.84 Å². The monoisotopic (exact) mass is 379 g/mol. The van der Waals surface area contributed by atoms with E-state index in [2.05, 4.69) is 13.8 Å². The van der Waals surface area contributed by atoms with E-state index in [4.69, 9.17) is 17.0 Å². The molecule has 0 unspecified atom stereocenters. The van der Waals surface area contributed by atoms with Crippen molar-refractivity contribution in [1.29, 1.82) is 0 Å². The number of rotatable bonds is 8. The molecule has 136 valence electrons. The number of phenolic OH excluding ortho intramolecular Hbond substituents is 1. The highest BCUT2D eigenvalue weighted by molar-refractivity contribution is 8.26. The fourth-order valence-electron chi connectivity index (χ4n) is 2.77. The van der Waals surface area contributed by atoms with Gasteiger partial charge in [0.1, 0.15) is 4.32 Å². The zero-order chi connectivity index (χ0) is 18.4. The molecule has 0 spiro atoms. The van der Waals surface area contributed by atoms with Crippen molar-refractivity contribution in [3.8, 4) is 11.5 Å². The molecule has 1 aliphatic rings. The molecular weight excluding hydrogens is 354 g/mol. The van der Waals surface area contributed by atoms with Crippen molar-refractivity contribution in [2.45, 2.75) is 39.5 Å². The Morgan fingerprint density at radius 3 is 2.80 bits per heavy atom. The van der Waals surface area contributed by atoms with Crippen molar-refractivity contribution in [2.75, 3.05) is 13.7 Å². The molecular formula is C19H25NO3S2. The van der Waals surface area contributed by atoms with Gasteiger partial charge in [0.2, 0.25) is 0 Å². The van der Waals surface area contributed by atoms with Crippen LogP contribution in [-0.2, 0) is 4.79 Å². The molecule has 1 heterocycles. The lowest BCUT2D eigenvalue weighted by Gasteiger charge is -2.21. The normalized spacial score (nSPS) is 17.4. The Morgan fingerprint density at radius 2 is 2.16 bits per heavy atom. The number of phenols is 1. The van der Waals surface area contributed by atoms with Crippen LogP contribution in [0.15, 0.2) is 23.1 Å². The summed E-state index contributed by atoms with van der Waals surface area (Å²) in [5.74, 6) is 0.913. The van der Waals surface area contributed by atoms with Gasteiger partial charge in [-0.15, -0.1) is 0 Å². The summed E-state index contributed by atoms with van der Waals surface area (Å²) in [6.07, 6.45) is 6.31. The average Bonchev–Trinajstić information content (AvgIpc) is 2.87. The Morgan fingerprint density at radius 1 is 1.40 bits per heavy atom. The first kappa shape index (κ1) is 19.8. The Bertz CT molecular complexity index is 673. The molecule has 25 heavy (non-hydrogen) atoms. The van der Waals surface area contributed by atoms with Crippen molar-refractivity contribution < 1.29 is 14.6 Å². The number of nitrogens with zero attached hydrogens (tertiary/aromatic N) is 1. The molecule has 1 saturated heterocycles. The summed E-state index contributed by atoms with van der Waals surface area (Å²) in [7, 11) is 1.50. The summed E-state index contributed by atoms with van der Waals surface area (Å²) in [6.45, 7) is 5.04. The summed E-state index contributed by atoms with van der Waals surface area (Å²) >= 11 is 6.76. The second-order valence-electron chi connectivity index (χ2n) is 6.14. The van der Waals surface area contributed by atoms with E-state index in [1.165, 1.54) is 25.3 Å². The van der Waals surface area contributed by atoms with E-state index in [1.807, 2.05) is 0 Å². The van der Waals surface area contributed by atoms with E-state index >= 15 is 0 Å². The molecule has 1 atom stereocenters. The largest absolute Gasteiger partial charge is 0.504 e. The molecule has 0 bridgehead atoms. The van der Waals surface area contributed by atoms with Crippen LogP contribution in [0, 0.1) is 5.92 Å². The Balaban J connectivity index is 2.14. The van der Waals surface area contributed by atoms with Gasteiger partial charge in [-0.05, 0) is 36.1 Å². The Hall–Kier alpha value is -1.53. The fraction of sp³-hybridized carbons (Fsp3) is 0.474. The minimum atomic E-state index is -0.0306. The molecule has 6 heteroatoms. The number of methoxy groups -OCH3 is 1. The molecule has 1 fully saturated rings. The summed E-state index contributed by atoms with van der Waals surface area (Å²) in [4.78, 5) is 15.1. The van der Waals surface area contributed by atoms with Gasteiger partial charge in [0.25, 0.3) is 5.91 Å². The summed E-state index contributed by atoms with van der Waals surface area (Å²) in [5.41, 5.74) is 0.799. The van der Waals surface area contributed by atoms with Gasteiger partial charge in [-0.2, -0.15) is 0 Å². The smallest absolute Gasteiger partial charge is 0.266 e. The van der Waals surface area contributed by atoms with Crippen LogP contribution in [0.4, 0.5) is 0 Å². The number of benzene rings is 1. The third kappa shape index (κ3) is 4.98. The molecule has 0 saturated carbocycles. The van der Waals surface area contributed by atoms with Crippen molar-refractivity contribution in [3.05, 3.63) is 28.7 Å². The van der Waals surface area contributed by atoms with Crippen LogP contribution in [0.1, 0.15) is 45.1 Å². The number of hydrogen-bond acceptors (Lipinski definition) is 5. The SMILES string of the molecule is CCCC[C@@H](CC)CN1C(=O)/C(=C/c2ccc(O)c(OC)c2)SC1=S. The Labute approximate surface area is 159 Å². The summed E-state index contributed by atoms with van der Waals surface area (Å²) < 4.78 is 5.74. The van der Waals surface area contributed by atoms with Gasteiger partial charge >= 0.3 is 0 Å². The molecule has 1 aliphatic heterocycles. The summed E-state index contributed by atoms with van der Waals surface area (Å²) in [5, 5.41) is 9.68. The number of thiocarbonyl (C=S) groups is 1. The number of carbonyl (C=O) groups excluding carboxylic acids is 1. The second-order valence-corrected chi connectivity index (χ2v) is 7.82. The molecule has 1 aromatic carbocycles. The minimum Gasteiger partial charge on any atom is -0.504 e. The third-order valence-corrected chi connectivity index (χ3v) is 5.74. The maximum absolute atomic E-state index is 12.7. The van der Waals surface area contributed by atoms with Crippen molar-refractivity contribution in [2.24, 2.45) is 5.92 Å². The van der Waals surface area contributed by atoms with Gasteiger partial charge in [0.15, 0.2) is 11.5 Å². The van der Waals surface area contributed by atoms with E-state index in [9.17, 15) is 9.90 Å². The van der Waals surface area contributed by atoms with Gasteiger partial charge in [0.05, 0.1) is 12.0 Å². The van der Waals surface area contributed by atoms with Crippen LogP contribution in [-0.4, -0.2) is 33.9 Å². The van der Waals surface area contributed by atoms with E-state index in [-0.39, 0.29) is 11.7 Å². The molecule has 0 aliphatic carbocycles. The maximum atomic E-state index is 12.7. The highest BCUT2D eigenvalue weighted by atomic mass is 32.2. The predicted octanol–water partition coefficient (Wildman–Crippen LogP) is 4.82. The first-order valence-electron chi connectivity index (χ1n) is 8.62. The van der Waals surface area contributed by atoms with Gasteiger partial charge in [-0.1, -0.05) is 63.2 Å². The van der Waals surface area contributed by atoms with Crippen molar-refractivity contribution >= 4 is 40.3 Å². The van der Waals surface area contributed by atoms with Crippen LogP contribution < -0.4 is 4.74 Å². The average molecular weight is 380 g/mol. The number of hydrogen-bond donors (Lipinski definition) is 1. The third-order valence-electron chi connectivity index (χ3n) is 4.36. The standard InChI is InChI=1S/C19H25NO3S2/c1-4-6-7-13(5-2)12-20-18(22)17(25-19(20)24)11-14-8-9-15(21)16(10-14)23-3/h8-11,13,21H,4-7,12H2,1-3H3/b17-11-/t13-/m1/s1. The van der Waals surface area contributed by atoms with Gasteiger partial charge in [-0.25, -0.2) is 0 Å². The first-order valence-corrected chi connectivity index (χ1v) is 9.85. The lowest BCUT2D eigenvalue weighted by Crippen LogP contribution is -2.33. The summed E-state index contributed by atoms with van der Waals surface area (Å²) in [6, 6.07) is 5.02. The highest BCUT2D eigenvalue weighted by Gasteiger charge is 2.33. The van der Waals surface area contributed by atoms with E-state index in [0.717, 1.165) is 24.8 Å². The van der Waals surface area contributed by atoms with E-state index in [1.54, 1.807) is 29.2 Å². The molecule has 1 amide bonds. The van der Waals surface area contributed by atoms with E-state index in [0.29, 0.717) is 27.4 Å². The molecule has 0 radical (unpaired) electrons. The molecule has 1 aromatic rings. The van der Waals surface area contributed by atoms with E-state index < -0.39 is 0 Å². The molecule has 2 rings (SSSR count). The maximum Gasteiger partial charge on any atom is 0.266 e. The van der Waals surface area contributed by atoms with Crippen LogP contribution in [0.3, 0.4) is 0 Å². The van der Waals surface area contributed by atoms with Gasteiger partial charge in [0, 0.05) is 6.54 Å². The van der Waals surface area contributed by atoms with Crippen LogP contribution in [0.25, 0.3) is 6.08 Å². The number of unbranched alkanes of at least 4 members (excludes halogenated alkanes) is 1. The lowest BCUT2D eigenvalue weighted by atomic mass is 9.99. The number of amides is 1. The number of ether oxygens (including phenoxy) is 1. The van der Waals surface area contributed by atoms with Crippen LogP contribution >= 0.6 is 24.0 Å². The second kappa shape index (κ2) is 9.25. The number of aromatic hydroxyl groups is 1. The molecule has 4 nitrogen and oxygen atoms in total. The first-order chi connectivity index (χ1) is 12.0. The topological polar surface area (TPSA) is 49.8 Å². The quantitative estimate of drug-likeness (QED) is 0.518. The van der Waals surface area contributed by atoms with Crippen molar-refractivity contribution in [3.63, 3.8) is 0 Å². The highest BCUT2D eigenvalue weighted by Crippen LogP contribution is 2.35. The Kier molecular flexibility index (Phi) is 7.32. The molecule has 1 N–H and O–H groups in total. The minimum absolute atomic E-state index is 0.0306. The van der Waals surface area contributed by atoms with Crippen LogP contribution in [0.2, 0.25) is 0 Å². The number of thioether (sulfide) groups is 1. The molecule has 0 aromatic heterocycles. The fourth-order valence-corrected chi connectivity index (χ4v) is 4.04. The van der Waals surface area contributed by atoms with Gasteiger partial charge in [-0.3, -0.25) is 9.69 Å². The van der Waals surface area contributed by atoms with Crippen molar-refractivity contribution in [1.82, 2.24) is 4.90 Å². The number of carbonyl (C=O) groups is 1. The predicted molar refractivity (Wildman–Crippen MR) is 108 cm³/mol. The zero-order valence-corrected chi connectivity index (χ0v) is 16.6. The lowest BCUT2D eigenvalue weighted by molar-refractivity contribution is -0.122. The zero-order valence-electron chi connectivity index (χ0n) is 14.9.